The number of aryl methyl sites for hydroxylation is 1. The lowest BCUT2D eigenvalue weighted by atomic mass is 9.83. The average Bonchev–Trinajstić information content (AvgIpc) is 2.97. The average molecular weight is 246 g/mol. The highest BCUT2D eigenvalue weighted by atomic mass is 16.1. The van der Waals surface area contributed by atoms with E-state index >= 15 is 0 Å². The van der Waals surface area contributed by atoms with Crippen LogP contribution in [0, 0.1) is 11.8 Å². The highest BCUT2D eigenvalue weighted by molar-refractivity contribution is 5.88. The Balaban J connectivity index is 1.70. The molecule has 3 rings (SSSR count). The predicted molar refractivity (Wildman–Crippen MR) is 71.5 cm³/mol. The minimum atomic E-state index is 0.172. The molecule has 18 heavy (non-hydrogen) atoms. The number of hydrogen-bond donors (Lipinski definition) is 1. The third-order valence-electron chi connectivity index (χ3n) is 4.70. The molecule has 0 radical (unpaired) electrons. The molecular weight excluding hydrogens is 224 g/mol. The van der Waals surface area contributed by atoms with Crippen LogP contribution >= 0.6 is 0 Å². The van der Waals surface area contributed by atoms with E-state index in [1.165, 1.54) is 18.4 Å². The zero-order chi connectivity index (χ0) is 12.5. The number of piperidine rings is 1. The Kier molecular flexibility index (Phi) is 3.25. The van der Waals surface area contributed by atoms with Gasteiger partial charge in [-0.3, -0.25) is 4.79 Å². The van der Waals surface area contributed by atoms with Crippen molar-refractivity contribution in [2.24, 2.45) is 18.9 Å². The first-order valence-corrected chi connectivity index (χ1v) is 7.09. The molecule has 98 valence electrons. The van der Waals surface area contributed by atoms with Gasteiger partial charge in [0, 0.05) is 31.8 Å². The number of aromatic nitrogens is 1. The first-order valence-electron chi connectivity index (χ1n) is 7.09. The first kappa shape index (κ1) is 12.0. The molecule has 2 unspecified atom stereocenters. The van der Waals surface area contributed by atoms with Crippen LogP contribution in [0.5, 0.6) is 0 Å². The summed E-state index contributed by atoms with van der Waals surface area (Å²) in [6.45, 7) is 2.26. The summed E-state index contributed by atoms with van der Waals surface area (Å²) in [5, 5.41) is 3.41. The van der Waals surface area contributed by atoms with Gasteiger partial charge in [-0.15, -0.1) is 0 Å². The van der Waals surface area contributed by atoms with Gasteiger partial charge in [0.05, 0.1) is 0 Å². The molecule has 3 nitrogen and oxygen atoms in total. The SMILES string of the molecule is Cn1ccc(C2CC(C3CCNCC3)CC2=O)c1. The van der Waals surface area contributed by atoms with Gasteiger partial charge in [-0.05, 0) is 55.8 Å². The van der Waals surface area contributed by atoms with Gasteiger partial charge >= 0.3 is 0 Å². The Hall–Kier alpha value is -1.09. The Morgan fingerprint density at radius 3 is 2.72 bits per heavy atom. The van der Waals surface area contributed by atoms with Gasteiger partial charge in [-0.1, -0.05) is 0 Å². The van der Waals surface area contributed by atoms with Crippen LogP contribution in [0.25, 0.3) is 0 Å². The molecule has 0 spiro atoms. The highest BCUT2D eigenvalue weighted by Crippen LogP contribution is 2.41. The van der Waals surface area contributed by atoms with Gasteiger partial charge in [-0.2, -0.15) is 0 Å². The molecular formula is C15H22N2O. The van der Waals surface area contributed by atoms with Crippen molar-refractivity contribution >= 4 is 5.78 Å². The summed E-state index contributed by atoms with van der Waals surface area (Å²) >= 11 is 0. The third kappa shape index (κ3) is 2.24. The molecule has 2 fully saturated rings. The summed E-state index contributed by atoms with van der Waals surface area (Å²) in [7, 11) is 2.02. The molecule has 1 aromatic heterocycles. The first-order chi connectivity index (χ1) is 8.74. The lowest BCUT2D eigenvalue weighted by Crippen LogP contribution is -2.31. The van der Waals surface area contributed by atoms with Crippen molar-refractivity contribution in [1.82, 2.24) is 9.88 Å². The molecule has 0 aromatic carbocycles. The standard InChI is InChI=1S/C15H22N2O/c1-17-7-4-12(10-17)14-8-13(9-15(14)18)11-2-5-16-6-3-11/h4,7,10-11,13-14,16H,2-3,5-6,8-9H2,1H3. The molecule has 2 heterocycles. The zero-order valence-electron chi connectivity index (χ0n) is 11.1. The van der Waals surface area contributed by atoms with Crippen molar-refractivity contribution in [2.45, 2.75) is 31.6 Å². The minimum absolute atomic E-state index is 0.172. The van der Waals surface area contributed by atoms with E-state index in [4.69, 9.17) is 0 Å². The molecule has 0 amide bonds. The monoisotopic (exact) mass is 246 g/mol. The second-order valence-electron chi connectivity index (χ2n) is 5.92. The van der Waals surface area contributed by atoms with Crippen molar-refractivity contribution in [2.75, 3.05) is 13.1 Å². The summed E-state index contributed by atoms with van der Waals surface area (Å²) in [5.41, 5.74) is 1.22. The maximum Gasteiger partial charge on any atom is 0.140 e. The number of nitrogens with zero attached hydrogens (tertiary/aromatic N) is 1. The molecule has 3 heteroatoms. The van der Waals surface area contributed by atoms with Gasteiger partial charge in [0.1, 0.15) is 5.78 Å². The normalized spacial score (nSPS) is 29.9. The lowest BCUT2D eigenvalue weighted by molar-refractivity contribution is -0.118. The van der Waals surface area contributed by atoms with Crippen LogP contribution in [0.3, 0.4) is 0 Å². The highest BCUT2D eigenvalue weighted by Gasteiger charge is 2.37. The van der Waals surface area contributed by atoms with E-state index in [2.05, 4.69) is 17.6 Å². The maximum absolute atomic E-state index is 12.2. The van der Waals surface area contributed by atoms with Crippen LogP contribution in [-0.4, -0.2) is 23.4 Å². The van der Waals surface area contributed by atoms with E-state index in [0.29, 0.717) is 11.7 Å². The summed E-state index contributed by atoms with van der Waals surface area (Å²) in [6, 6.07) is 2.10. The summed E-state index contributed by atoms with van der Waals surface area (Å²) in [6.07, 6.45) is 8.53. The molecule has 0 bridgehead atoms. The third-order valence-corrected chi connectivity index (χ3v) is 4.70. The van der Waals surface area contributed by atoms with Crippen molar-refractivity contribution < 1.29 is 4.79 Å². The van der Waals surface area contributed by atoms with Crippen LogP contribution in [0.1, 0.15) is 37.2 Å². The number of Topliss-reactive ketones (excluding diaryl/α,β-unsaturated/α-hetero) is 1. The maximum atomic E-state index is 12.2. The number of ketones is 1. The van der Waals surface area contributed by atoms with Gasteiger partial charge in [0.25, 0.3) is 0 Å². The summed E-state index contributed by atoms with van der Waals surface area (Å²) in [5.74, 6) is 2.03. The summed E-state index contributed by atoms with van der Waals surface area (Å²) < 4.78 is 2.04. The van der Waals surface area contributed by atoms with Gasteiger partial charge in [0.2, 0.25) is 0 Å². The van der Waals surface area contributed by atoms with E-state index in [9.17, 15) is 4.79 Å². The second-order valence-corrected chi connectivity index (χ2v) is 5.92. The Morgan fingerprint density at radius 2 is 2.06 bits per heavy atom. The van der Waals surface area contributed by atoms with Crippen molar-refractivity contribution in [3.05, 3.63) is 24.0 Å². The van der Waals surface area contributed by atoms with Crippen molar-refractivity contribution in [3.63, 3.8) is 0 Å². The van der Waals surface area contributed by atoms with Gasteiger partial charge in [0.15, 0.2) is 0 Å². The Labute approximate surface area is 109 Å². The number of carbonyl (C=O) groups is 1. The minimum Gasteiger partial charge on any atom is -0.357 e. The Bertz CT molecular complexity index is 431. The smallest absolute Gasteiger partial charge is 0.140 e. The molecule has 1 saturated carbocycles. The molecule has 1 aliphatic carbocycles. The van der Waals surface area contributed by atoms with Crippen LogP contribution in [0.4, 0.5) is 0 Å². The molecule has 1 aliphatic heterocycles. The fourth-order valence-electron chi connectivity index (χ4n) is 3.65. The van der Waals surface area contributed by atoms with E-state index in [1.807, 2.05) is 17.8 Å². The van der Waals surface area contributed by atoms with Crippen LogP contribution in [-0.2, 0) is 11.8 Å². The molecule has 2 atom stereocenters. The second kappa shape index (κ2) is 4.88. The van der Waals surface area contributed by atoms with E-state index < -0.39 is 0 Å². The predicted octanol–water partition coefficient (Wildman–Crippen LogP) is 2.09. The molecule has 2 aliphatic rings. The number of hydrogen-bond acceptors (Lipinski definition) is 2. The quantitative estimate of drug-likeness (QED) is 0.867. The zero-order valence-corrected chi connectivity index (χ0v) is 11.1. The van der Waals surface area contributed by atoms with Gasteiger partial charge in [-0.25, -0.2) is 0 Å². The van der Waals surface area contributed by atoms with Crippen LogP contribution < -0.4 is 5.32 Å². The van der Waals surface area contributed by atoms with Crippen LogP contribution in [0.15, 0.2) is 18.5 Å². The largest absolute Gasteiger partial charge is 0.357 e. The number of nitrogens with one attached hydrogen (secondary N) is 1. The summed E-state index contributed by atoms with van der Waals surface area (Å²) in [4.78, 5) is 12.2. The fraction of sp³-hybridized carbons (Fsp3) is 0.667. The van der Waals surface area contributed by atoms with E-state index in [1.54, 1.807) is 0 Å². The van der Waals surface area contributed by atoms with Crippen molar-refractivity contribution in [3.8, 4) is 0 Å². The Morgan fingerprint density at radius 1 is 1.28 bits per heavy atom. The molecule has 1 aromatic rings. The van der Waals surface area contributed by atoms with Crippen LogP contribution in [0.2, 0.25) is 0 Å². The van der Waals surface area contributed by atoms with E-state index in [0.717, 1.165) is 31.8 Å². The van der Waals surface area contributed by atoms with Gasteiger partial charge < -0.3 is 9.88 Å². The van der Waals surface area contributed by atoms with Crippen molar-refractivity contribution in [1.29, 1.82) is 0 Å². The number of carbonyl (C=O) groups excluding carboxylic acids is 1. The fourth-order valence-corrected chi connectivity index (χ4v) is 3.65. The molecule has 1 saturated heterocycles. The van der Waals surface area contributed by atoms with E-state index in [-0.39, 0.29) is 5.92 Å². The molecule has 1 N–H and O–H groups in total. The number of rotatable bonds is 2. The lowest BCUT2D eigenvalue weighted by Gasteiger charge is -2.27. The topological polar surface area (TPSA) is 34.0 Å².